The van der Waals surface area contributed by atoms with E-state index in [0.717, 1.165) is 12.2 Å². The second-order valence-corrected chi connectivity index (χ2v) is 4.47. The molecular weight excluding hydrogens is 266 g/mol. The van der Waals surface area contributed by atoms with Gasteiger partial charge in [-0.15, -0.1) is 0 Å². The molecule has 2 aromatic carbocycles. The minimum absolute atomic E-state index is 0.118. The first-order valence-corrected chi connectivity index (χ1v) is 6.92. The molecule has 21 heavy (non-hydrogen) atoms. The van der Waals surface area contributed by atoms with Crippen molar-refractivity contribution in [3.63, 3.8) is 0 Å². The van der Waals surface area contributed by atoms with Gasteiger partial charge in [0.25, 0.3) is 5.91 Å². The summed E-state index contributed by atoms with van der Waals surface area (Å²) in [6.07, 6.45) is 0.777. The van der Waals surface area contributed by atoms with Gasteiger partial charge < -0.3 is 14.8 Å². The normalized spacial score (nSPS) is 9.95. The number of amides is 1. The minimum Gasteiger partial charge on any atom is -0.493 e. The highest BCUT2D eigenvalue weighted by atomic mass is 16.5. The molecule has 0 bridgehead atoms. The summed E-state index contributed by atoms with van der Waals surface area (Å²) in [5.41, 5.74) is 0.593. The predicted molar refractivity (Wildman–Crippen MR) is 81.9 cm³/mol. The molecule has 0 saturated heterocycles. The molecule has 0 atom stereocenters. The molecule has 1 N–H and O–H groups in total. The van der Waals surface area contributed by atoms with Gasteiger partial charge in [-0.2, -0.15) is 0 Å². The van der Waals surface area contributed by atoms with Crippen LogP contribution in [0.2, 0.25) is 0 Å². The zero-order valence-corrected chi connectivity index (χ0v) is 12.0. The molecule has 4 heteroatoms. The smallest absolute Gasteiger partial charge is 0.251 e. The van der Waals surface area contributed by atoms with E-state index in [1.54, 1.807) is 25.2 Å². The lowest BCUT2D eigenvalue weighted by Gasteiger charge is -2.09. The van der Waals surface area contributed by atoms with E-state index in [4.69, 9.17) is 9.47 Å². The van der Waals surface area contributed by atoms with Gasteiger partial charge in [0.15, 0.2) is 0 Å². The first-order valence-electron chi connectivity index (χ1n) is 6.92. The molecule has 2 rings (SSSR count). The minimum atomic E-state index is -0.118. The Labute approximate surface area is 124 Å². The number of carbonyl (C=O) groups is 1. The van der Waals surface area contributed by atoms with Crippen molar-refractivity contribution in [1.29, 1.82) is 0 Å². The van der Waals surface area contributed by atoms with E-state index in [1.165, 1.54) is 0 Å². The van der Waals surface area contributed by atoms with Crippen LogP contribution < -0.4 is 14.8 Å². The molecule has 2 aromatic rings. The molecule has 0 aliphatic heterocycles. The zero-order chi connectivity index (χ0) is 14.9. The Morgan fingerprint density at radius 3 is 2.33 bits per heavy atom. The second kappa shape index (κ2) is 7.94. The topological polar surface area (TPSA) is 47.6 Å². The molecule has 0 aliphatic rings. The van der Waals surface area contributed by atoms with Gasteiger partial charge in [-0.25, -0.2) is 0 Å². The summed E-state index contributed by atoms with van der Waals surface area (Å²) in [4.78, 5) is 11.5. The van der Waals surface area contributed by atoms with Gasteiger partial charge in [0.05, 0.1) is 13.2 Å². The third kappa shape index (κ3) is 4.84. The zero-order valence-electron chi connectivity index (χ0n) is 12.0. The molecule has 0 aromatic heterocycles. The van der Waals surface area contributed by atoms with Crippen molar-refractivity contribution in [1.82, 2.24) is 5.32 Å². The number of benzene rings is 2. The van der Waals surface area contributed by atoms with Gasteiger partial charge >= 0.3 is 0 Å². The molecule has 4 nitrogen and oxygen atoms in total. The van der Waals surface area contributed by atoms with Crippen molar-refractivity contribution in [3.8, 4) is 11.5 Å². The van der Waals surface area contributed by atoms with Crippen molar-refractivity contribution in [2.24, 2.45) is 0 Å². The molecule has 0 heterocycles. The first-order chi connectivity index (χ1) is 10.3. The van der Waals surface area contributed by atoms with Crippen molar-refractivity contribution in [3.05, 3.63) is 60.2 Å². The lowest BCUT2D eigenvalue weighted by molar-refractivity contribution is 0.0962. The number of nitrogens with one attached hydrogen (secondary N) is 1. The average molecular weight is 285 g/mol. The Bertz CT molecular complexity index is 569. The molecule has 0 aliphatic carbocycles. The van der Waals surface area contributed by atoms with Crippen molar-refractivity contribution in [2.45, 2.75) is 6.42 Å². The molecule has 1 amide bonds. The molecule has 0 fully saturated rings. The van der Waals surface area contributed by atoms with E-state index in [0.29, 0.717) is 24.5 Å². The molecule has 110 valence electrons. The van der Waals surface area contributed by atoms with Crippen molar-refractivity contribution < 1.29 is 14.3 Å². The Hall–Kier alpha value is -2.49. The summed E-state index contributed by atoms with van der Waals surface area (Å²) in [6.45, 7) is 1.14. The lowest BCUT2D eigenvalue weighted by Crippen LogP contribution is -2.17. The van der Waals surface area contributed by atoms with Gasteiger partial charge in [-0.05, 0) is 30.3 Å². The maximum Gasteiger partial charge on any atom is 0.251 e. The predicted octanol–water partition coefficient (Wildman–Crippen LogP) is 2.89. The summed E-state index contributed by atoms with van der Waals surface area (Å²) in [5, 5.41) is 2.59. The highest BCUT2D eigenvalue weighted by Crippen LogP contribution is 2.14. The largest absolute Gasteiger partial charge is 0.493 e. The quantitative estimate of drug-likeness (QED) is 0.796. The Morgan fingerprint density at radius 2 is 1.62 bits per heavy atom. The van der Waals surface area contributed by atoms with Gasteiger partial charge in [-0.3, -0.25) is 4.79 Å². The van der Waals surface area contributed by atoms with Crippen LogP contribution in [0.1, 0.15) is 16.8 Å². The van der Waals surface area contributed by atoms with Gasteiger partial charge in [0, 0.05) is 19.0 Å². The molecule has 0 saturated carbocycles. The van der Waals surface area contributed by atoms with Crippen LogP contribution >= 0.6 is 0 Å². The van der Waals surface area contributed by atoms with Crippen LogP contribution in [0.4, 0.5) is 0 Å². The molecule has 0 radical (unpaired) electrons. The van der Waals surface area contributed by atoms with Crippen LogP contribution in [-0.4, -0.2) is 26.2 Å². The Kier molecular flexibility index (Phi) is 5.64. The monoisotopic (exact) mass is 285 g/mol. The lowest BCUT2D eigenvalue weighted by atomic mass is 10.2. The SMILES string of the molecule is CNC(=O)c1cccc(OCCCOc2ccccc2)c1. The van der Waals surface area contributed by atoms with E-state index in [2.05, 4.69) is 5.32 Å². The van der Waals surface area contributed by atoms with Gasteiger partial charge in [0.1, 0.15) is 11.5 Å². The number of ether oxygens (including phenoxy) is 2. The summed E-state index contributed by atoms with van der Waals surface area (Å²) in [5.74, 6) is 1.43. The van der Waals surface area contributed by atoms with Crippen molar-refractivity contribution >= 4 is 5.91 Å². The number of para-hydroxylation sites is 1. The maximum absolute atomic E-state index is 11.5. The number of hydrogen-bond donors (Lipinski definition) is 1. The van der Waals surface area contributed by atoms with Crippen LogP contribution in [0.3, 0.4) is 0 Å². The van der Waals surface area contributed by atoms with E-state index in [9.17, 15) is 4.79 Å². The van der Waals surface area contributed by atoms with Crippen LogP contribution in [0, 0.1) is 0 Å². The molecule has 0 unspecified atom stereocenters. The fourth-order valence-corrected chi connectivity index (χ4v) is 1.83. The Morgan fingerprint density at radius 1 is 0.952 bits per heavy atom. The average Bonchev–Trinajstić information content (AvgIpc) is 2.55. The third-order valence-corrected chi connectivity index (χ3v) is 2.89. The van der Waals surface area contributed by atoms with Crippen LogP contribution in [0.15, 0.2) is 54.6 Å². The number of carbonyl (C=O) groups excluding carboxylic acids is 1. The standard InChI is InChI=1S/C17H19NO3/c1-18-17(19)14-7-5-10-16(13-14)21-12-6-11-20-15-8-3-2-4-9-15/h2-5,7-10,13H,6,11-12H2,1H3,(H,18,19). The van der Waals surface area contributed by atoms with E-state index >= 15 is 0 Å². The number of hydrogen-bond acceptors (Lipinski definition) is 3. The van der Waals surface area contributed by atoms with E-state index in [-0.39, 0.29) is 5.91 Å². The summed E-state index contributed by atoms with van der Waals surface area (Å²) >= 11 is 0. The summed E-state index contributed by atoms with van der Waals surface area (Å²) in [6, 6.07) is 16.8. The first kappa shape index (κ1) is 14.9. The Balaban J connectivity index is 1.72. The van der Waals surface area contributed by atoms with Crippen LogP contribution in [0.25, 0.3) is 0 Å². The van der Waals surface area contributed by atoms with Crippen LogP contribution in [-0.2, 0) is 0 Å². The highest BCUT2D eigenvalue weighted by Gasteiger charge is 2.04. The number of rotatable bonds is 7. The molecular formula is C17H19NO3. The summed E-state index contributed by atoms with van der Waals surface area (Å²) in [7, 11) is 1.61. The van der Waals surface area contributed by atoms with Crippen molar-refractivity contribution in [2.75, 3.05) is 20.3 Å². The highest BCUT2D eigenvalue weighted by molar-refractivity contribution is 5.94. The van der Waals surface area contributed by atoms with E-state index in [1.807, 2.05) is 36.4 Å². The van der Waals surface area contributed by atoms with Crippen LogP contribution in [0.5, 0.6) is 11.5 Å². The van der Waals surface area contributed by atoms with E-state index < -0.39 is 0 Å². The third-order valence-electron chi connectivity index (χ3n) is 2.89. The van der Waals surface area contributed by atoms with Gasteiger partial charge in [0.2, 0.25) is 0 Å². The molecule has 0 spiro atoms. The second-order valence-electron chi connectivity index (χ2n) is 4.47. The fourth-order valence-electron chi connectivity index (χ4n) is 1.83. The fraction of sp³-hybridized carbons (Fsp3) is 0.235. The van der Waals surface area contributed by atoms with Gasteiger partial charge in [-0.1, -0.05) is 24.3 Å². The summed E-state index contributed by atoms with van der Waals surface area (Å²) < 4.78 is 11.2. The maximum atomic E-state index is 11.5.